The zero-order valence-corrected chi connectivity index (χ0v) is 21.4. The molecule has 1 fully saturated rings. The van der Waals surface area contributed by atoms with Crippen molar-refractivity contribution in [2.75, 3.05) is 31.7 Å². The van der Waals surface area contributed by atoms with Crippen LogP contribution in [0.5, 0.6) is 5.75 Å². The predicted molar refractivity (Wildman–Crippen MR) is 138 cm³/mol. The van der Waals surface area contributed by atoms with Crippen LogP contribution in [0.3, 0.4) is 0 Å². The van der Waals surface area contributed by atoms with Gasteiger partial charge in [-0.3, -0.25) is 0 Å². The number of aryl methyl sites for hydroxylation is 1. The van der Waals surface area contributed by atoms with E-state index in [0.717, 1.165) is 28.0 Å². The van der Waals surface area contributed by atoms with Crippen LogP contribution in [0.25, 0.3) is 0 Å². The van der Waals surface area contributed by atoms with Crippen molar-refractivity contribution in [3.63, 3.8) is 0 Å². The fourth-order valence-corrected chi connectivity index (χ4v) is 4.53. The standard InChI is InChI=1S/C26H36N2O7S/c1-15-11-20(30)19(25-24(33)23(32)22(31)21(14-29)35-25)13-18(15)12-17-5-3-16(4-6-17)7-8-27-26(34)28-9-10-36-2/h3-6,11,13,21-25,29-33H,7-10,12,14H2,1-2H3,(H2,27,28,34)/t21-,22-,23+,24-,25?/m1/s1. The molecule has 5 atom stereocenters. The number of aliphatic hydroxyl groups is 4. The first-order chi connectivity index (χ1) is 17.2. The monoisotopic (exact) mass is 520 g/mol. The summed E-state index contributed by atoms with van der Waals surface area (Å²) in [5, 5.41) is 56.4. The molecule has 0 saturated carbocycles. The van der Waals surface area contributed by atoms with Gasteiger partial charge in [-0.1, -0.05) is 24.3 Å². The number of aromatic hydroxyl groups is 1. The molecule has 1 saturated heterocycles. The molecule has 0 aliphatic carbocycles. The van der Waals surface area contributed by atoms with Crippen LogP contribution in [0, 0.1) is 6.92 Å². The molecule has 2 aromatic rings. The number of thioether (sulfide) groups is 1. The van der Waals surface area contributed by atoms with Crippen molar-refractivity contribution in [3.05, 3.63) is 64.2 Å². The SMILES string of the molecule is CSCCNC(=O)NCCc1ccc(Cc2cc(C3O[C@H](CO)[C@@H](O)[C@H](O)[C@H]3O)c(O)cc2C)cc1. The molecule has 2 aromatic carbocycles. The Kier molecular flexibility index (Phi) is 10.4. The number of ether oxygens (including phenoxy) is 1. The Morgan fingerprint density at radius 3 is 2.33 bits per heavy atom. The maximum Gasteiger partial charge on any atom is 0.314 e. The second-order valence-corrected chi connectivity index (χ2v) is 9.99. The minimum absolute atomic E-state index is 0.0964. The normalized spacial score (nSPS) is 23.9. The van der Waals surface area contributed by atoms with Gasteiger partial charge in [-0.05, 0) is 60.4 Å². The largest absolute Gasteiger partial charge is 0.508 e. The average Bonchev–Trinajstić information content (AvgIpc) is 2.86. The molecule has 9 nitrogen and oxygen atoms in total. The molecule has 0 spiro atoms. The molecule has 2 amide bonds. The third-order valence-electron chi connectivity index (χ3n) is 6.39. The molecular formula is C26H36N2O7S. The number of aliphatic hydroxyl groups excluding tert-OH is 4. The maximum absolute atomic E-state index is 11.7. The summed E-state index contributed by atoms with van der Waals surface area (Å²) in [5.41, 5.74) is 4.16. The summed E-state index contributed by atoms with van der Waals surface area (Å²) in [7, 11) is 0. The number of urea groups is 1. The van der Waals surface area contributed by atoms with Crippen molar-refractivity contribution in [2.45, 2.75) is 50.3 Å². The molecule has 7 N–H and O–H groups in total. The van der Waals surface area contributed by atoms with Crippen LogP contribution in [0.2, 0.25) is 0 Å². The van der Waals surface area contributed by atoms with E-state index < -0.39 is 37.1 Å². The molecule has 10 heteroatoms. The van der Waals surface area contributed by atoms with Crippen LogP contribution < -0.4 is 10.6 Å². The van der Waals surface area contributed by atoms with E-state index in [1.165, 1.54) is 0 Å². The molecule has 0 radical (unpaired) electrons. The van der Waals surface area contributed by atoms with Gasteiger partial charge in [0.15, 0.2) is 0 Å². The highest BCUT2D eigenvalue weighted by molar-refractivity contribution is 7.98. The van der Waals surface area contributed by atoms with Gasteiger partial charge < -0.3 is 40.9 Å². The molecule has 0 aromatic heterocycles. The van der Waals surface area contributed by atoms with Gasteiger partial charge in [0.1, 0.15) is 36.3 Å². The lowest BCUT2D eigenvalue weighted by molar-refractivity contribution is -0.232. The number of benzene rings is 2. The molecule has 3 rings (SSSR count). The molecule has 198 valence electrons. The van der Waals surface area contributed by atoms with Crippen molar-refractivity contribution in [1.82, 2.24) is 10.6 Å². The summed E-state index contributed by atoms with van der Waals surface area (Å²) >= 11 is 1.68. The van der Waals surface area contributed by atoms with Crippen molar-refractivity contribution in [3.8, 4) is 5.75 Å². The summed E-state index contributed by atoms with van der Waals surface area (Å²) in [4.78, 5) is 11.7. The second-order valence-electron chi connectivity index (χ2n) is 9.01. The first-order valence-electron chi connectivity index (χ1n) is 12.0. The van der Waals surface area contributed by atoms with Crippen LogP contribution in [-0.2, 0) is 17.6 Å². The first kappa shape index (κ1) is 28.2. The summed E-state index contributed by atoms with van der Waals surface area (Å²) < 4.78 is 5.63. The number of rotatable bonds is 10. The number of phenolic OH excluding ortho intramolecular Hbond substituents is 1. The van der Waals surface area contributed by atoms with E-state index in [0.29, 0.717) is 25.9 Å². The van der Waals surface area contributed by atoms with Crippen LogP contribution in [0.4, 0.5) is 4.79 Å². The highest BCUT2D eigenvalue weighted by Gasteiger charge is 2.44. The van der Waals surface area contributed by atoms with E-state index in [4.69, 9.17) is 4.74 Å². The molecule has 1 heterocycles. The second kappa shape index (κ2) is 13.3. The minimum Gasteiger partial charge on any atom is -0.508 e. The van der Waals surface area contributed by atoms with E-state index in [1.54, 1.807) is 23.9 Å². The zero-order valence-electron chi connectivity index (χ0n) is 20.6. The number of nitrogens with one attached hydrogen (secondary N) is 2. The van der Waals surface area contributed by atoms with E-state index in [-0.39, 0.29) is 17.3 Å². The highest BCUT2D eigenvalue weighted by atomic mass is 32.2. The fourth-order valence-electron chi connectivity index (χ4n) is 4.23. The number of hydrogen-bond acceptors (Lipinski definition) is 8. The number of carbonyl (C=O) groups excluding carboxylic acids is 1. The van der Waals surface area contributed by atoms with Gasteiger partial charge in [0.05, 0.1) is 6.61 Å². The zero-order chi connectivity index (χ0) is 26.2. The van der Waals surface area contributed by atoms with Crippen LogP contribution >= 0.6 is 11.8 Å². The van der Waals surface area contributed by atoms with Crippen molar-refractivity contribution < 1.29 is 35.1 Å². The average molecular weight is 521 g/mol. The maximum atomic E-state index is 11.7. The van der Waals surface area contributed by atoms with Gasteiger partial charge in [0.2, 0.25) is 0 Å². The van der Waals surface area contributed by atoms with E-state index in [9.17, 15) is 30.3 Å². The van der Waals surface area contributed by atoms with Gasteiger partial charge in [0.25, 0.3) is 0 Å². The summed E-state index contributed by atoms with van der Waals surface area (Å²) in [6, 6.07) is 11.2. The van der Waals surface area contributed by atoms with Crippen LogP contribution in [-0.4, -0.2) is 87.7 Å². The van der Waals surface area contributed by atoms with Crippen molar-refractivity contribution in [1.29, 1.82) is 0 Å². The lowest BCUT2D eigenvalue weighted by Gasteiger charge is -2.40. The number of hydrogen-bond donors (Lipinski definition) is 7. The van der Waals surface area contributed by atoms with Crippen molar-refractivity contribution >= 4 is 17.8 Å². The van der Waals surface area contributed by atoms with Crippen LogP contribution in [0.15, 0.2) is 36.4 Å². The molecule has 1 aliphatic rings. The Labute approximate surface area is 215 Å². The van der Waals surface area contributed by atoms with E-state index in [1.807, 2.05) is 37.4 Å². The summed E-state index contributed by atoms with van der Waals surface area (Å²) in [6.45, 7) is 2.50. The molecular weight excluding hydrogens is 484 g/mol. The lowest BCUT2D eigenvalue weighted by Crippen LogP contribution is -2.55. The Hall–Kier alpha value is -2.34. The number of carbonyl (C=O) groups is 1. The lowest BCUT2D eigenvalue weighted by atomic mass is 9.88. The van der Waals surface area contributed by atoms with Gasteiger partial charge in [-0.15, -0.1) is 0 Å². The Balaban J connectivity index is 1.65. The summed E-state index contributed by atoms with van der Waals surface area (Å²) in [6.07, 6.45) is -3.35. The number of phenols is 1. The third-order valence-corrected chi connectivity index (χ3v) is 7.00. The Bertz CT molecular complexity index is 1000. The van der Waals surface area contributed by atoms with Gasteiger partial charge in [0, 0.05) is 24.4 Å². The van der Waals surface area contributed by atoms with Crippen LogP contribution in [0.1, 0.15) is 33.9 Å². The van der Waals surface area contributed by atoms with Gasteiger partial charge in [-0.2, -0.15) is 11.8 Å². The molecule has 0 bridgehead atoms. The number of amides is 2. The summed E-state index contributed by atoms with van der Waals surface area (Å²) in [5.74, 6) is 0.778. The smallest absolute Gasteiger partial charge is 0.314 e. The van der Waals surface area contributed by atoms with Crippen molar-refractivity contribution in [2.24, 2.45) is 0 Å². The van der Waals surface area contributed by atoms with E-state index >= 15 is 0 Å². The first-order valence-corrected chi connectivity index (χ1v) is 13.4. The molecule has 1 unspecified atom stereocenters. The molecule has 36 heavy (non-hydrogen) atoms. The quantitative estimate of drug-likeness (QED) is 0.229. The fraction of sp³-hybridized carbons (Fsp3) is 0.500. The Morgan fingerprint density at radius 2 is 1.67 bits per heavy atom. The Morgan fingerprint density at radius 1 is 1.00 bits per heavy atom. The van der Waals surface area contributed by atoms with E-state index in [2.05, 4.69) is 10.6 Å². The molecule has 1 aliphatic heterocycles. The third kappa shape index (κ3) is 7.12. The topological polar surface area (TPSA) is 152 Å². The van der Waals surface area contributed by atoms with Gasteiger partial charge >= 0.3 is 6.03 Å². The minimum atomic E-state index is -1.52. The van der Waals surface area contributed by atoms with Gasteiger partial charge in [-0.25, -0.2) is 4.79 Å². The predicted octanol–water partition coefficient (Wildman–Crippen LogP) is 1.01. The highest BCUT2D eigenvalue weighted by Crippen LogP contribution is 2.38.